The third-order valence-corrected chi connectivity index (χ3v) is 5.15. The largest absolute Gasteiger partial charge is 0.332 e. The van der Waals surface area contributed by atoms with Gasteiger partial charge in [-0.2, -0.15) is 10.2 Å². The fourth-order valence-corrected chi connectivity index (χ4v) is 3.34. The summed E-state index contributed by atoms with van der Waals surface area (Å²) in [4.78, 5) is 12.5. The van der Waals surface area contributed by atoms with Gasteiger partial charge in [0.1, 0.15) is 5.82 Å². The maximum atomic E-state index is 13.6. The Labute approximate surface area is 183 Å². The molecule has 0 fully saturated rings. The Kier molecular flexibility index (Phi) is 5.41. The van der Waals surface area contributed by atoms with Crippen LogP contribution in [0.2, 0.25) is 5.02 Å². The molecular weight excluding hydrogens is 419 g/mol. The van der Waals surface area contributed by atoms with Crippen LogP contribution in [0.3, 0.4) is 0 Å². The van der Waals surface area contributed by atoms with Gasteiger partial charge in [0.05, 0.1) is 46.0 Å². The van der Waals surface area contributed by atoms with E-state index >= 15 is 0 Å². The molecule has 0 spiro atoms. The van der Waals surface area contributed by atoms with Crippen molar-refractivity contribution in [1.29, 1.82) is 0 Å². The maximum Gasteiger partial charge on any atom is 0.319 e. The second kappa shape index (κ2) is 8.03. The molecule has 2 amide bonds. The molecule has 0 aliphatic carbocycles. The Hall–Kier alpha value is -3.39. The second-order valence-electron chi connectivity index (χ2n) is 8.23. The number of anilines is 1. The average molecular weight is 441 g/mol. The van der Waals surface area contributed by atoms with Gasteiger partial charge >= 0.3 is 6.03 Å². The first-order valence-corrected chi connectivity index (χ1v) is 10.1. The molecule has 9 heteroatoms. The first-order chi connectivity index (χ1) is 14.7. The molecule has 0 aliphatic rings. The van der Waals surface area contributed by atoms with Crippen LogP contribution in [0, 0.1) is 5.82 Å². The van der Waals surface area contributed by atoms with Crippen LogP contribution < -0.4 is 10.6 Å². The molecule has 0 aliphatic heterocycles. The smallest absolute Gasteiger partial charge is 0.319 e. The molecule has 7 nitrogen and oxygen atoms in total. The average Bonchev–Trinajstić information content (AvgIpc) is 3.36. The Morgan fingerprint density at radius 2 is 2.03 bits per heavy atom. The van der Waals surface area contributed by atoms with Crippen LogP contribution in [0.5, 0.6) is 0 Å². The molecule has 2 aromatic carbocycles. The highest BCUT2D eigenvalue weighted by Gasteiger charge is 2.21. The van der Waals surface area contributed by atoms with Crippen molar-refractivity contribution in [1.82, 2.24) is 25.3 Å². The lowest BCUT2D eigenvalue weighted by Crippen LogP contribution is -2.29. The third-order valence-electron chi connectivity index (χ3n) is 4.86. The summed E-state index contributed by atoms with van der Waals surface area (Å²) in [6.45, 7) is 6.36. The van der Waals surface area contributed by atoms with Crippen molar-refractivity contribution < 1.29 is 9.18 Å². The van der Waals surface area contributed by atoms with E-state index in [0.29, 0.717) is 11.4 Å². The van der Waals surface area contributed by atoms with E-state index in [2.05, 4.69) is 25.9 Å². The minimum atomic E-state index is -0.499. The predicted octanol–water partition coefficient (Wildman–Crippen LogP) is 5.16. The second-order valence-corrected chi connectivity index (χ2v) is 8.63. The molecule has 4 rings (SSSR count). The van der Waals surface area contributed by atoms with E-state index in [0.717, 1.165) is 22.3 Å². The Bertz CT molecular complexity index is 1260. The van der Waals surface area contributed by atoms with Crippen molar-refractivity contribution in [3.63, 3.8) is 0 Å². The summed E-state index contributed by atoms with van der Waals surface area (Å²) in [5.74, 6) is -0.499. The van der Waals surface area contributed by atoms with Crippen LogP contribution in [0.25, 0.3) is 16.6 Å². The van der Waals surface area contributed by atoms with E-state index in [4.69, 9.17) is 11.6 Å². The van der Waals surface area contributed by atoms with Crippen molar-refractivity contribution >= 4 is 34.2 Å². The highest BCUT2D eigenvalue weighted by molar-refractivity contribution is 6.30. The Balaban J connectivity index is 1.57. The lowest BCUT2D eigenvalue weighted by Gasteiger charge is -2.14. The topological polar surface area (TPSA) is 87.6 Å². The van der Waals surface area contributed by atoms with Crippen LogP contribution >= 0.6 is 11.6 Å². The summed E-state index contributed by atoms with van der Waals surface area (Å²) in [6, 6.07) is 11.5. The zero-order chi connectivity index (χ0) is 22.2. The van der Waals surface area contributed by atoms with E-state index in [1.165, 1.54) is 12.1 Å². The number of fused-ring (bicyclic) bond motifs is 1. The van der Waals surface area contributed by atoms with Gasteiger partial charge in [-0.25, -0.2) is 13.9 Å². The number of benzene rings is 2. The summed E-state index contributed by atoms with van der Waals surface area (Å²) < 4.78 is 15.3. The number of hydrogen-bond donors (Lipinski definition) is 3. The van der Waals surface area contributed by atoms with Crippen LogP contribution in [-0.2, 0) is 12.0 Å². The lowest BCUT2D eigenvalue weighted by molar-refractivity contribution is 0.251. The third kappa shape index (κ3) is 4.39. The molecule has 0 unspecified atom stereocenters. The quantitative estimate of drug-likeness (QED) is 0.409. The van der Waals surface area contributed by atoms with Crippen molar-refractivity contribution in [2.45, 2.75) is 32.7 Å². The maximum absolute atomic E-state index is 13.6. The van der Waals surface area contributed by atoms with Gasteiger partial charge in [0.15, 0.2) is 0 Å². The number of nitrogens with one attached hydrogen (secondary N) is 3. The van der Waals surface area contributed by atoms with Gasteiger partial charge in [-0.3, -0.25) is 5.10 Å². The van der Waals surface area contributed by atoms with E-state index in [1.54, 1.807) is 23.0 Å². The number of carbonyl (C=O) groups is 1. The van der Waals surface area contributed by atoms with E-state index in [9.17, 15) is 9.18 Å². The first kappa shape index (κ1) is 20.9. The molecule has 4 aromatic rings. The molecule has 0 saturated carbocycles. The molecule has 31 heavy (non-hydrogen) atoms. The fraction of sp³-hybridized carbons (Fsp3) is 0.227. The number of halogens is 2. The van der Waals surface area contributed by atoms with Crippen LogP contribution in [0.4, 0.5) is 14.9 Å². The molecule has 160 valence electrons. The minimum Gasteiger partial charge on any atom is -0.332 e. The number of urea groups is 1. The number of rotatable bonds is 4. The van der Waals surface area contributed by atoms with E-state index in [-0.39, 0.29) is 23.0 Å². The van der Waals surface area contributed by atoms with Crippen molar-refractivity contribution in [2.24, 2.45) is 0 Å². The van der Waals surface area contributed by atoms with Gasteiger partial charge in [0.2, 0.25) is 0 Å². The number of hydrogen-bond acceptors (Lipinski definition) is 3. The highest BCUT2D eigenvalue weighted by atomic mass is 35.5. The number of aromatic nitrogens is 4. The van der Waals surface area contributed by atoms with Gasteiger partial charge in [-0.1, -0.05) is 38.4 Å². The number of carbonyl (C=O) groups excluding carboxylic acids is 1. The minimum absolute atomic E-state index is 0.00941. The SMILES string of the molecule is CC(C)(C)c1cc(CNC(=O)Nc2cccc3[nH]ncc23)n(-c2ccc(F)c(Cl)c2)n1. The molecule has 0 bridgehead atoms. The van der Waals surface area contributed by atoms with E-state index < -0.39 is 5.82 Å². The number of nitrogens with zero attached hydrogens (tertiary/aromatic N) is 3. The van der Waals surface area contributed by atoms with Crippen molar-refractivity contribution in [3.05, 3.63) is 70.9 Å². The molecule has 2 heterocycles. The monoisotopic (exact) mass is 440 g/mol. The standard InChI is InChI=1S/C22H22ClFN6O/c1-22(2,3)20-10-14(30(29-20)13-7-8-17(24)16(23)9-13)11-25-21(31)27-18-5-4-6-19-15(18)12-26-28-19/h4-10,12H,11H2,1-3H3,(H,26,28)(H2,25,27,31). The van der Waals surface area contributed by atoms with Gasteiger partial charge in [-0.05, 0) is 36.4 Å². The predicted molar refractivity (Wildman–Crippen MR) is 119 cm³/mol. The Morgan fingerprint density at radius 3 is 2.77 bits per heavy atom. The molecule has 3 N–H and O–H groups in total. The molecule has 0 atom stereocenters. The Morgan fingerprint density at radius 1 is 1.23 bits per heavy atom. The first-order valence-electron chi connectivity index (χ1n) is 9.74. The van der Waals surface area contributed by atoms with Crippen molar-refractivity contribution in [2.75, 3.05) is 5.32 Å². The molecular formula is C22H22ClFN6O. The zero-order valence-corrected chi connectivity index (χ0v) is 18.1. The normalized spacial score (nSPS) is 11.6. The summed E-state index contributed by atoms with van der Waals surface area (Å²) in [6.07, 6.45) is 1.66. The van der Waals surface area contributed by atoms with Gasteiger partial charge < -0.3 is 10.6 Å². The van der Waals surface area contributed by atoms with Crippen LogP contribution in [0.15, 0.2) is 48.7 Å². The number of H-pyrrole nitrogens is 1. The zero-order valence-electron chi connectivity index (χ0n) is 17.3. The number of amides is 2. The van der Waals surface area contributed by atoms with Crippen LogP contribution in [0.1, 0.15) is 32.2 Å². The highest BCUT2D eigenvalue weighted by Crippen LogP contribution is 2.26. The van der Waals surface area contributed by atoms with Crippen molar-refractivity contribution in [3.8, 4) is 5.69 Å². The molecule has 0 saturated heterocycles. The van der Waals surface area contributed by atoms with E-state index in [1.807, 2.05) is 39.0 Å². The summed E-state index contributed by atoms with van der Waals surface area (Å²) in [7, 11) is 0. The summed E-state index contributed by atoms with van der Waals surface area (Å²) in [5.41, 5.74) is 3.47. The van der Waals surface area contributed by atoms with Gasteiger partial charge in [0.25, 0.3) is 0 Å². The van der Waals surface area contributed by atoms with Gasteiger partial charge in [-0.15, -0.1) is 0 Å². The van der Waals surface area contributed by atoms with Crippen LogP contribution in [-0.4, -0.2) is 26.0 Å². The fourth-order valence-electron chi connectivity index (χ4n) is 3.17. The number of aromatic amines is 1. The molecule has 0 radical (unpaired) electrons. The molecule has 2 aromatic heterocycles. The summed E-state index contributed by atoms with van der Waals surface area (Å²) >= 11 is 5.97. The summed E-state index contributed by atoms with van der Waals surface area (Å²) in [5, 5.41) is 18.1. The van der Waals surface area contributed by atoms with Gasteiger partial charge in [0, 0.05) is 10.8 Å². The lowest BCUT2D eigenvalue weighted by atomic mass is 9.92.